The predicted molar refractivity (Wildman–Crippen MR) is 122 cm³/mol. The van der Waals surface area contributed by atoms with E-state index in [1.165, 1.54) is 0 Å². The summed E-state index contributed by atoms with van der Waals surface area (Å²) in [4.78, 5) is 14.3. The third-order valence-electron chi connectivity index (χ3n) is 5.53. The van der Waals surface area contributed by atoms with Crippen molar-refractivity contribution in [3.63, 3.8) is 0 Å². The second kappa shape index (κ2) is 10.3. The molecule has 0 aromatic heterocycles. The number of fused-ring (bicyclic) bond motifs is 1. The number of carbonyl (C=O) groups excluding carboxylic acids is 1. The molecule has 0 saturated carbocycles. The molecule has 1 saturated heterocycles. The summed E-state index contributed by atoms with van der Waals surface area (Å²) in [6.07, 6.45) is 2.56. The molecule has 2 aliphatic heterocycles. The van der Waals surface area contributed by atoms with E-state index in [9.17, 15) is 9.35 Å². The number of hydrogen-bond acceptors (Lipinski definition) is 5. The summed E-state index contributed by atoms with van der Waals surface area (Å²) in [6, 6.07) is 4.01. The van der Waals surface area contributed by atoms with Crippen LogP contribution in [0.1, 0.15) is 69.7 Å². The van der Waals surface area contributed by atoms with Crippen LogP contribution in [0.2, 0.25) is 0 Å². The number of nitrogens with zero attached hydrogens (tertiary/aromatic N) is 1. The molecule has 8 heteroatoms. The Hall–Kier alpha value is -0.640. The van der Waals surface area contributed by atoms with Gasteiger partial charge in [-0.2, -0.15) is 0 Å². The molecule has 0 bridgehead atoms. The van der Waals surface area contributed by atoms with Crippen molar-refractivity contribution in [2.75, 3.05) is 19.8 Å². The van der Waals surface area contributed by atoms with Crippen LogP contribution >= 0.6 is 15.9 Å². The van der Waals surface area contributed by atoms with Gasteiger partial charge in [-0.15, -0.1) is 4.72 Å². The maximum absolute atomic E-state index is 13.0. The molecule has 30 heavy (non-hydrogen) atoms. The van der Waals surface area contributed by atoms with Crippen LogP contribution in [0.4, 0.5) is 0 Å². The van der Waals surface area contributed by atoms with Gasteiger partial charge in [-0.1, -0.05) is 15.9 Å². The highest BCUT2D eigenvalue weighted by molar-refractivity contribution is 9.10. The number of rotatable bonds is 7. The van der Waals surface area contributed by atoms with Crippen molar-refractivity contribution in [3.05, 3.63) is 33.3 Å². The number of ether oxygens (including phenoxy) is 2. The number of carbonyl (C=O) groups is 1. The molecule has 1 fully saturated rings. The molecule has 168 valence electrons. The van der Waals surface area contributed by atoms with Crippen molar-refractivity contribution >= 4 is 33.2 Å². The molecule has 6 nitrogen and oxygen atoms in total. The van der Waals surface area contributed by atoms with E-state index >= 15 is 0 Å². The summed E-state index contributed by atoms with van der Waals surface area (Å²) in [5.74, 6) is 0.154. The number of benzene rings is 1. The van der Waals surface area contributed by atoms with Crippen molar-refractivity contribution in [3.8, 4) is 0 Å². The monoisotopic (exact) mass is 500 g/mol. The standard InChI is InChI=1S/C22H33BrN2O4S/c1-5-25-14-18-15(12-20(25)26)11-16(23)13-17(18)19(24-30(27)22(2,3)4)7-8-21-28-9-6-10-29-21/h11,13,19,21,24H,5-10,12,14H2,1-4H3/t19-,30?/m0/s1. The van der Waals surface area contributed by atoms with E-state index in [0.717, 1.165) is 53.6 Å². The highest BCUT2D eigenvalue weighted by Crippen LogP contribution is 2.34. The first-order valence-electron chi connectivity index (χ1n) is 10.7. The van der Waals surface area contributed by atoms with Crippen LogP contribution in [0, 0.1) is 0 Å². The Kier molecular flexibility index (Phi) is 8.26. The fraction of sp³-hybridized carbons (Fsp3) is 0.682. The quantitative estimate of drug-likeness (QED) is 0.572. The number of halogens is 1. The zero-order valence-electron chi connectivity index (χ0n) is 18.3. The lowest BCUT2D eigenvalue weighted by Crippen LogP contribution is -2.42. The molecule has 1 unspecified atom stereocenters. The minimum absolute atomic E-state index is 0.127. The van der Waals surface area contributed by atoms with Gasteiger partial charge in [-0.05, 0) is 69.4 Å². The van der Waals surface area contributed by atoms with E-state index in [1.807, 2.05) is 38.7 Å². The van der Waals surface area contributed by atoms with Gasteiger partial charge in [0.25, 0.3) is 0 Å². The van der Waals surface area contributed by atoms with Crippen molar-refractivity contribution < 1.29 is 18.8 Å². The first kappa shape index (κ1) is 24.0. The van der Waals surface area contributed by atoms with Crippen LogP contribution in [0.3, 0.4) is 0 Å². The van der Waals surface area contributed by atoms with Crippen LogP contribution in [-0.2, 0) is 38.6 Å². The predicted octanol–water partition coefficient (Wildman–Crippen LogP) is 3.99. The lowest BCUT2D eigenvalue weighted by atomic mass is 9.89. The molecule has 2 atom stereocenters. The molecule has 1 aromatic carbocycles. The molecular weight excluding hydrogens is 468 g/mol. The second-order valence-electron chi connectivity index (χ2n) is 8.87. The molecule has 1 N–H and O–H groups in total. The van der Waals surface area contributed by atoms with E-state index in [1.54, 1.807) is 0 Å². The van der Waals surface area contributed by atoms with E-state index in [4.69, 9.17) is 9.47 Å². The molecule has 0 aliphatic carbocycles. The Bertz CT molecular complexity index is 749. The molecule has 2 heterocycles. The third-order valence-corrected chi connectivity index (χ3v) is 7.60. The van der Waals surface area contributed by atoms with Crippen LogP contribution in [0.15, 0.2) is 16.6 Å². The first-order chi connectivity index (χ1) is 14.2. The van der Waals surface area contributed by atoms with Crippen molar-refractivity contribution in [1.29, 1.82) is 0 Å². The molecule has 2 aliphatic rings. The summed E-state index contributed by atoms with van der Waals surface area (Å²) >= 11 is 2.39. The third kappa shape index (κ3) is 5.99. The second-order valence-corrected chi connectivity index (χ2v) is 11.8. The average molecular weight is 501 g/mol. The molecule has 1 aromatic rings. The first-order valence-corrected chi connectivity index (χ1v) is 12.6. The highest BCUT2D eigenvalue weighted by atomic mass is 79.9. The summed E-state index contributed by atoms with van der Waals surface area (Å²) in [7, 11) is 0. The maximum atomic E-state index is 13.0. The van der Waals surface area contributed by atoms with Crippen molar-refractivity contribution in [1.82, 2.24) is 9.62 Å². The van der Waals surface area contributed by atoms with Gasteiger partial charge in [0.05, 0.1) is 25.7 Å². The highest BCUT2D eigenvalue weighted by Gasteiger charge is 2.33. The lowest BCUT2D eigenvalue weighted by molar-refractivity contribution is -0.182. The SMILES string of the molecule is CCN1Cc2c(cc(Br)cc2[C@H](CCC2OCCCO2)N[S+]([O-])C(C)(C)C)CC1=O. The van der Waals surface area contributed by atoms with Crippen molar-refractivity contribution in [2.24, 2.45) is 0 Å². The smallest absolute Gasteiger partial charge is 0.227 e. The Balaban J connectivity index is 1.90. The van der Waals surface area contributed by atoms with E-state index in [0.29, 0.717) is 19.5 Å². The van der Waals surface area contributed by atoms with Crippen molar-refractivity contribution in [2.45, 2.75) is 77.0 Å². The van der Waals surface area contributed by atoms with Crippen LogP contribution in [0.25, 0.3) is 0 Å². The number of amides is 1. The molecule has 1 amide bonds. The van der Waals surface area contributed by atoms with Gasteiger partial charge in [0.2, 0.25) is 5.91 Å². The zero-order valence-corrected chi connectivity index (χ0v) is 20.7. The van der Waals surface area contributed by atoms with E-state index in [-0.39, 0.29) is 23.0 Å². The Morgan fingerprint density at radius 3 is 2.67 bits per heavy atom. The Morgan fingerprint density at radius 2 is 2.03 bits per heavy atom. The average Bonchev–Trinajstić information content (AvgIpc) is 2.69. The molecule has 0 spiro atoms. The van der Waals surface area contributed by atoms with Gasteiger partial charge >= 0.3 is 0 Å². The Morgan fingerprint density at radius 1 is 1.33 bits per heavy atom. The maximum Gasteiger partial charge on any atom is 0.227 e. The van der Waals surface area contributed by atoms with E-state index < -0.39 is 11.4 Å². The van der Waals surface area contributed by atoms with Crippen LogP contribution in [-0.4, -0.2) is 46.2 Å². The minimum atomic E-state index is -1.23. The largest absolute Gasteiger partial charge is 0.598 e. The number of likely N-dealkylation sites (N-methyl/N-ethyl adjacent to an activating group) is 1. The van der Waals surface area contributed by atoms with E-state index in [2.05, 4.69) is 26.7 Å². The lowest BCUT2D eigenvalue weighted by Gasteiger charge is -2.34. The van der Waals surface area contributed by atoms with Gasteiger partial charge < -0.3 is 18.9 Å². The minimum Gasteiger partial charge on any atom is -0.598 e. The van der Waals surface area contributed by atoms with Gasteiger partial charge in [0.15, 0.2) is 6.29 Å². The summed E-state index contributed by atoms with van der Waals surface area (Å²) in [5.41, 5.74) is 3.31. The fourth-order valence-corrected chi connectivity index (χ4v) is 5.19. The fourth-order valence-electron chi connectivity index (χ4n) is 3.81. The van der Waals surface area contributed by atoms with Gasteiger partial charge in [-0.25, -0.2) is 0 Å². The zero-order chi connectivity index (χ0) is 21.9. The summed E-state index contributed by atoms with van der Waals surface area (Å²) in [6.45, 7) is 10.6. The Labute approximate surface area is 191 Å². The van der Waals surface area contributed by atoms with Gasteiger partial charge in [0.1, 0.15) is 4.75 Å². The molecule has 0 radical (unpaired) electrons. The summed E-state index contributed by atoms with van der Waals surface area (Å²) in [5, 5.41) is 0. The topological polar surface area (TPSA) is 73.9 Å². The number of hydrogen-bond donors (Lipinski definition) is 1. The van der Waals surface area contributed by atoms with Crippen LogP contribution in [0.5, 0.6) is 0 Å². The van der Waals surface area contributed by atoms with Gasteiger partial charge in [0, 0.05) is 35.3 Å². The molecule has 3 rings (SSSR count). The van der Waals surface area contributed by atoms with Gasteiger partial charge in [-0.3, -0.25) is 4.79 Å². The molecular formula is C22H33BrN2O4S. The number of nitrogens with one attached hydrogen (secondary N) is 1. The van der Waals surface area contributed by atoms with Crippen LogP contribution < -0.4 is 4.72 Å². The normalized spacial score (nSPS) is 20.2. The summed E-state index contributed by atoms with van der Waals surface area (Å²) < 4.78 is 28.4.